The van der Waals surface area contributed by atoms with Gasteiger partial charge in [0.25, 0.3) is 0 Å². The molecule has 0 unspecified atom stereocenters. The van der Waals surface area contributed by atoms with E-state index in [1.165, 1.54) is 12.1 Å². The van der Waals surface area contributed by atoms with Crippen LogP contribution in [-0.4, -0.2) is 27.4 Å². The number of benzene rings is 1. The Kier molecular flexibility index (Phi) is 6.80. The molecule has 0 saturated heterocycles. The topological polar surface area (TPSA) is 101 Å². The van der Waals surface area contributed by atoms with Gasteiger partial charge >= 0.3 is 0 Å². The molecule has 0 heterocycles. The molecule has 0 atom stereocenters. The third-order valence-corrected chi connectivity index (χ3v) is 4.66. The average molecular weight is 313 g/mol. The first-order chi connectivity index (χ1) is 9.94. The van der Waals surface area contributed by atoms with Gasteiger partial charge in [-0.15, -0.1) is 0 Å². The zero-order valence-corrected chi connectivity index (χ0v) is 13.2. The monoisotopic (exact) mass is 313 g/mol. The second kappa shape index (κ2) is 8.11. The first kappa shape index (κ1) is 17.6. The van der Waals surface area contributed by atoms with Crippen LogP contribution < -0.4 is 15.8 Å². The lowest BCUT2D eigenvalue weighted by molar-refractivity contribution is -0.120. The Morgan fingerprint density at radius 3 is 2.52 bits per heavy atom. The van der Waals surface area contributed by atoms with Gasteiger partial charge in [0.2, 0.25) is 15.9 Å². The lowest BCUT2D eigenvalue weighted by Crippen LogP contribution is -2.29. The number of amides is 1. The maximum atomic E-state index is 12.0. The Morgan fingerprint density at radius 2 is 1.95 bits per heavy atom. The van der Waals surface area contributed by atoms with Gasteiger partial charge in [-0.25, -0.2) is 13.1 Å². The highest BCUT2D eigenvalue weighted by Crippen LogP contribution is 2.17. The van der Waals surface area contributed by atoms with Crippen molar-refractivity contribution in [3.63, 3.8) is 0 Å². The van der Waals surface area contributed by atoms with E-state index < -0.39 is 10.0 Å². The molecule has 0 aliphatic heterocycles. The van der Waals surface area contributed by atoms with Gasteiger partial charge < -0.3 is 11.1 Å². The number of hydrogen-bond acceptors (Lipinski definition) is 4. The Balaban J connectivity index is 2.88. The zero-order valence-electron chi connectivity index (χ0n) is 12.4. The minimum Gasteiger partial charge on any atom is -0.329 e. The molecule has 0 aromatic heterocycles. The van der Waals surface area contributed by atoms with E-state index in [9.17, 15) is 13.2 Å². The lowest BCUT2D eigenvalue weighted by Gasteiger charge is -2.13. The van der Waals surface area contributed by atoms with E-state index in [0.29, 0.717) is 5.69 Å². The quantitative estimate of drug-likeness (QED) is 0.673. The van der Waals surface area contributed by atoms with Gasteiger partial charge in [-0.2, -0.15) is 0 Å². The van der Waals surface area contributed by atoms with Crippen molar-refractivity contribution in [3.05, 3.63) is 24.3 Å². The molecule has 0 saturated carbocycles. The summed E-state index contributed by atoms with van der Waals surface area (Å²) in [5.74, 6) is -0.162. The molecule has 4 N–H and O–H groups in total. The van der Waals surface area contributed by atoms with Crippen LogP contribution in [0.1, 0.15) is 26.7 Å². The molecule has 118 valence electrons. The van der Waals surface area contributed by atoms with E-state index in [1.807, 2.05) is 13.8 Å². The summed E-state index contributed by atoms with van der Waals surface area (Å²) in [7, 11) is -3.59. The number of carbonyl (C=O) groups is 1. The molecule has 6 nitrogen and oxygen atoms in total. The highest BCUT2D eigenvalue weighted by molar-refractivity contribution is 7.89. The molecule has 0 spiro atoms. The van der Waals surface area contributed by atoms with Crippen LogP contribution in [0.4, 0.5) is 5.69 Å². The second-order valence-electron chi connectivity index (χ2n) is 4.72. The second-order valence-corrected chi connectivity index (χ2v) is 6.48. The normalized spacial score (nSPS) is 11.6. The van der Waals surface area contributed by atoms with Crippen LogP contribution in [0.15, 0.2) is 29.2 Å². The number of hydrogen-bond donors (Lipinski definition) is 3. The molecule has 0 fully saturated rings. The maximum Gasteiger partial charge on any atom is 0.240 e. The average Bonchev–Trinajstić information content (AvgIpc) is 2.47. The number of anilines is 1. The van der Waals surface area contributed by atoms with E-state index in [1.54, 1.807) is 12.1 Å². The van der Waals surface area contributed by atoms with E-state index in [2.05, 4.69) is 10.0 Å². The molecule has 21 heavy (non-hydrogen) atoms. The first-order valence-electron chi connectivity index (χ1n) is 7.05. The van der Waals surface area contributed by atoms with Gasteiger partial charge in [0.15, 0.2) is 0 Å². The summed E-state index contributed by atoms with van der Waals surface area (Å²) >= 11 is 0. The van der Waals surface area contributed by atoms with Gasteiger partial charge in [-0.3, -0.25) is 4.79 Å². The van der Waals surface area contributed by atoms with Crippen molar-refractivity contribution in [1.29, 1.82) is 0 Å². The summed E-state index contributed by atoms with van der Waals surface area (Å²) in [6.45, 7) is 4.30. The number of sulfonamides is 1. The molecule has 0 radical (unpaired) electrons. The van der Waals surface area contributed by atoms with Crippen LogP contribution in [0.3, 0.4) is 0 Å². The first-order valence-corrected chi connectivity index (χ1v) is 8.53. The molecule has 0 bridgehead atoms. The summed E-state index contributed by atoms with van der Waals surface area (Å²) in [5.41, 5.74) is 5.76. The molecule has 0 aliphatic carbocycles. The number of nitrogens with two attached hydrogens (primary N) is 1. The fourth-order valence-electron chi connectivity index (χ4n) is 1.92. The number of carbonyl (C=O) groups excluding carboxylic acids is 1. The van der Waals surface area contributed by atoms with Crippen molar-refractivity contribution in [2.24, 2.45) is 11.7 Å². The van der Waals surface area contributed by atoms with E-state index >= 15 is 0 Å². The molecule has 1 aromatic carbocycles. The van der Waals surface area contributed by atoms with Crippen molar-refractivity contribution in [3.8, 4) is 0 Å². The van der Waals surface area contributed by atoms with Crippen molar-refractivity contribution < 1.29 is 13.2 Å². The Labute approximate surface area is 126 Å². The molecular weight excluding hydrogens is 290 g/mol. The Hall–Kier alpha value is -1.44. The molecule has 1 amide bonds. The highest BCUT2D eigenvalue weighted by atomic mass is 32.2. The smallest absolute Gasteiger partial charge is 0.240 e. The molecule has 7 heteroatoms. The number of rotatable bonds is 8. The molecule has 0 aliphatic rings. The zero-order chi connectivity index (χ0) is 15.9. The van der Waals surface area contributed by atoms with Gasteiger partial charge in [0.1, 0.15) is 0 Å². The van der Waals surface area contributed by atoms with Gasteiger partial charge in [-0.1, -0.05) is 19.9 Å². The van der Waals surface area contributed by atoms with Crippen LogP contribution >= 0.6 is 0 Å². The predicted molar refractivity (Wildman–Crippen MR) is 83.4 cm³/mol. The van der Waals surface area contributed by atoms with Crippen molar-refractivity contribution in [2.75, 3.05) is 18.4 Å². The van der Waals surface area contributed by atoms with Gasteiger partial charge in [0.05, 0.1) is 4.90 Å². The SMILES string of the molecule is CCC(CC)C(=O)Nc1cccc(S(=O)(=O)NCCN)c1. The molecule has 1 aromatic rings. The minimum atomic E-state index is -3.59. The van der Waals surface area contributed by atoms with Crippen LogP contribution in [0.5, 0.6) is 0 Å². The predicted octanol–water partition coefficient (Wildman–Crippen LogP) is 1.30. The van der Waals surface area contributed by atoms with Crippen molar-refractivity contribution >= 4 is 21.6 Å². The largest absolute Gasteiger partial charge is 0.329 e. The van der Waals surface area contributed by atoms with Crippen LogP contribution in [0.2, 0.25) is 0 Å². The summed E-state index contributed by atoms with van der Waals surface area (Å²) in [6.07, 6.45) is 1.50. The van der Waals surface area contributed by atoms with Crippen LogP contribution in [-0.2, 0) is 14.8 Å². The van der Waals surface area contributed by atoms with E-state index in [-0.39, 0.29) is 29.8 Å². The molecular formula is C14H23N3O3S. The number of nitrogens with one attached hydrogen (secondary N) is 2. The van der Waals surface area contributed by atoms with E-state index in [0.717, 1.165) is 12.8 Å². The summed E-state index contributed by atoms with van der Waals surface area (Å²) in [4.78, 5) is 12.1. The molecule has 1 rings (SSSR count). The van der Waals surface area contributed by atoms with Gasteiger partial charge in [-0.05, 0) is 31.0 Å². The lowest BCUT2D eigenvalue weighted by atomic mass is 10.0. The third kappa shape index (κ3) is 5.11. The van der Waals surface area contributed by atoms with Gasteiger partial charge in [0, 0.05) is 24.7 Å². The fourth-order valence-corrected chi connectivity index (χ4v) is 3.01. The summed E-state index contributed by atoms with van der Waals surface area (Å²) < 4.78 is 26.4. The Bertz CT molecular complexity index is 569. The van der Waals surface area contributed by atoms with E-state index in [4.69, 9.17) is 5.73 Å². The van der Waals surface area contributed by atoms with Crippen LogP contribution in [0, 0.1) is 5.92 Å². The maximum absolute atomic E-state index is 12.0. The van der Waals surface area contributed by atoms with Crippen molar-refractivity contribution in [1.82, 2.24) is 4.72 Å². The fraction of sp³-hybridized carbons (Fsp3) is 0.500. The Morgan fingerprint density at radius 1 is 1.29 bits per heavy atom. The highest BCUT2D eigenvalue weighted by Gasteiger charge is 2.16. The van der Waals surface area contributed by atoms with Crippen molar-refractivity contribution in [2.45, 2.75) is 31.6 Å². The summed E-state index contributed by atoms with van der Waals surface area (Å²) in [5, 5.41) is 2.76. The minimum absolute atomic E-state index is 0.0689. The third-order valence-electron chi connectivity index (χ3n) is 3.20. The van der Waals surface area contributed by atoms with Crippen LogP contribution in [0.25, 0.3) is 0 Å². The standard InChI is InChI=1S/C14H23N3O3S/c1-3-11(4-2)14(18)17-12-6-5-7-13(10-12)21(19,20)16-9-8-15/h5-7,10-11,16H,3-4,8-9,15H2,1-2H3,(H,17,18). The summed E-state index contributed by atoms with van der Waals surface area (Å²) in [6, 6.07) is 6.19.